The van der Waals surface area contributed by atoms with Crippen LogP contribution in [-0.4, -0.2) is 6.61 Å². The summed E-state index contributed by atoms with van der Waals surface area (Å²) >= 11 is 0. The lowest BCUT2D eigenvalue weighted by Gasteiger charge is -2.10. The predicted molar refractivity (Wildman–Crippen MR) is 71.7 cm³/mol. The van der Waals surface area contributed by atoms with E-state index in [1.165, 1.54) is 24.3 Å². The molecular weight excluding hydrogens is 284 g/mol. The van der Waals surface area contributed by atoms with Gasteiger partial charge in [0.2, 0.25) is 0 Å². The van der Waals surface area contributed by atoms with Gasteiger partial charge in [-0.05, 0) is 48.7 Å². The average molecular weight is 298 g/mol. The van der Waals surface area contributed by atoms with Gasteiger partial charge in [-0.1, -0.05) is 18.2 Å². The average Bonchev–Trinajstić information content (AvgIpc) is 2.43. The molecule has 112 valence electrons. The maximum Gasteiger partial charge on any atom is 0.416 e. The molecule has 0 aliphatic carbocycles. The third-order valence-electron chi connectivity index (χ3n) is 2.93. The minimum Gasteiger partial charge on any atom is -0.494 e. The molecule has 2 aromatic carbocycles. The van der Waals surface area contributed by atoms with E-state index in [0.29, 0.717) is 12.8 Å². The molecule has 0 amide bonds. The van der Waals surface area contributed by atoms with Gasteiger partial charge >= 0.3 is 6.18 Å². The van der Waals surface area contributed by atoms with Crippen molar-refractivity contribution in [1.82, 2.24) is 0 Å². The molecule has 2 rings (SSSR count). The van der Waals surface area contributed by atoms with Crippen LogP contribution in [0.5, 0.6) is 5.75 Å². The fourth-order valence-corrected chi connectivity index (χ4v) is 1.92. The standard InChI is InChI=1S/C16H14F4O/c17-14-7-1-4-12(10-14)5-3-9-21-15-8-2-6-13(11-15)16(18,19)20/h1-2,4,6-8,10-11H,3,5,9H2. The van der Waals surface area contributed by atoms with Gasteiger partial charge in [0.15, 0.2) is 0 Å². The van der Waals surface area contributed by atoms with Crippen molar-refractivity contribution >= 4 is 0 Å². The second kappa shape index (κ2) is 6.61. The van der Waals surface area contributed by atoms with E-state index >= 15 is 0 Å². The van der Waals surface area contributed by atoms with Crippen LogP contribution in [-0.2, 0) is 12.6 Å². The second-order valence-electron chi connectivity index (χ2n) is 4.61. The van der Waals surface area contributed by atoms with Gasteiger partial charge in [-0.3, -0.25) is 0 Å². The zero-order valence-electron chi connectivity index (χ0n) is 11.2. The molecule has 0 aliphatic heterocycles. The second-order valence-corrected chi connectivity index (χ2v) is 4.61. The Bertz CT molecular complexity index is 593. The summed E-state index contributed by atoms with van der Waals surface area (Å²) in [6.45, 7) is 0.276. The summed E-state index contributed by atoms with van der Waals surface area (Å²) in [5, 5.41) is 0. The van der Waals surface area contributed by atoms with Crippen molar-refractivity contribution in [3.8, 4) is 5.75 Å². The quantitative estimate of drug-likeness (QED) is 0.566. The number of ether oxygens (including phenoxy) is 1. The van der Waals surface area contributed by atoms with Crippen molar-refractivity contribution in [3.05, 3.63) is 65.5 Å². The fraction of sp³-hybridized carbons (Fsp3) is 0.250. The van der Waals surface area contributed by atoms with E-state index < -0.39 is 11.7 Å². The van der Waals surface area contributed by atoms with Crippen molar-refractivity contribution in [2.75, 3.05) is 6.61 Å². The van der Waals surface area contributed by atoms with Gasteiger partial charge in [-0.15, -0.1) is 0 Å². The Morgan fingerprint density at radius 2 is 1.71 bits per heavy atom. The van der Waals surface area contributed by atoms with Crippen molar-refractivity contribution in [3.63, 3.8) is 0 Å². The number of hydrogen-bond donors (Lipinski definition) is 0. The molecule has 0 aliphatic rings. The van der Waals surface area contributed by atoms with Gasteiger partial charge in [0, 0.05) is 0 Å². The Labute approximate surface area is 120 Å². The highest BCUT2D eigenvalue weighted by atomic mass is 19.4. The van der Waals surface area contributed by atoms with E-state index in [1.807, 2.05) is 0 Å². The molecule has 0 N–H and O–H groups in total. The molecular formula is C16H14F4O. The number of rotatable bonds is 5. The number of benzene rings is 2. The Morgan fingerprint density at radius 1 is 0.952 bits per heavy atom. The normalized spacial score (nSPS) is 11.4. The first-order valence-corrected chi connectivity index (χ1v) is 6.50. The van der Waals surface area contributed by atoms with E-state index in [4.69, 9.17) is 4.74 Å². The van der Waals surface area contributed by atoms with Crippen LogP contribution >= 0.6 is 0 Å². The Hall–Kier alpha value is -2.04. The van der Waals surface area contributed by atoms with E-state index in [-0.39, 0.29) is 18.2 Å². The summed E-state index contributed by atoms with van der Waals surface area (Å²) in [6.07, 6.45) is -3.17. The number of hydrogen-bond acceptors (Lipinski definition) is 1. The molecule has 0 saturated carbocycles. The highest BCUT2D eigenvalue weighted by molar-refractivity contribution is 5.30. The van der Waals surface area contributed by atoms with Crippen molar-refractivity contribution in [2.45, 2.75) is 19.0 Å². The summed E-state index contributed by atoms with van der Waals surface area (Å²) in [5.41, 5.74) is 0.104. The van der Waals surface area contributed by atoms with Gasteiger partial charge in [0.25, 0.3) is 0 Å². The lowest BCUT2D eigenvalue weighted by Crippen LogP contribution is -2.06. The van der Waals surface area contributed by atoms with E-state index in [2.05, 4.69) is 0 Å². The molecule has 0 bridgehead atoms. The molecule has 0 saturated heterocycles. The molecule has 0 radical (unpaired) electrons. The van der Waals surface area contributed by atoms with Crippen molar-refractivity contribution in [1.29, 1.82) is 0 Å². The first-order chi connectivity index (χ1) is 9.95. The van der Waals surface area contributed by atoms with Crippen molar-refractivity contribution < 1.29 is 22.3 Å². The Kier molecular flexibility index (Phi) is 4.83. The maximum atomic E-state index is 13.0. The molecule has 0 heterocycles. The van der Waals surface area contributed by atoms with Crippen LogP contribution in [0, 0.1) is 5.82 Å². The smallest absolute Gasteiger partial charge is 0.416 e. The van der Waals surface area contributed by atoms with Crippen LogP contribution in [0.15, 0.2) is 48.5 Å². The molecule has 0 spiro atoms. The van der Waals surface area contributed by atoms with Crippen molar-refractivity contribution in [2.24, 2.45) is 0 Å². The summed E-state index contributed by atoms with van der Waals surface area (Å²) in [6, 6.07) is 11.0. The van der Waals surface area contributed by atoms with Gasteiger partial charge in [0.1, 0.15) is 11.6 Å². The van der Waals surface area contributed by atoms with Crippen LogP contribution in [0.3, 0.4) is 0 Å². The monoisotopic (exact) mass is 298 g/mol. The summed E-state index contributed by atoms with van der Waals surface area (Å²) in [7, 11) is 0. The Balaban J connectivity index is 1.84. The number of aryl methyl sites for hydroxylation is 1. The summed E-state index contributed by atoms with van der Waals surface area (Å²) in [5.74, 6) is -0.115. The van der Waals surface area contributed by atoms with Gasteiger partial charge < -0.3 is 4.74 Å². The highest BCUT2D eigenvalue weighted by Crippen LogP contribution is 2.31. The lowest BCUT2D eigenvalue weighted by molar-refractivity contribution is -0.137. The highest BCUT2D eigenvalue weighted by Gasteiger charge is 2.30. The van der Waals surface area contributed by atoms with Crippen LogP contribution in [0.1, 0.15) is 17.5 Å². The Morgan fingerprint density at radius 3 is 2.43 bits per heavy atom. The number of alkyl halides is 3. The largest absolute Gasteiger partial charge is 0.494 e. The third-order valence-corrected chi connectivity index (χ3v) is 2.93. The lowest BCUT2D eigenvalue weighted by atomic mass is 10.1. The van der Waals surface area contributed by atoms with Gasteiger partial charge in [-0.2, -0.15) is 13.2 Å². The third kappa shape index (κ3) is 4.77. The van der Waals surface area contributed by atoms with Crippen LogP contribution in [0.25, 0.3) is 0 Å². The van der Waals surface area contributed by atoms with Crippen LogP contribution < -0.4 is 4.74 Å². The summed E-state index contributed by atoms with van der Waals surface area (Å²) in [4.78, 5) is 0. The maximum absolute atomic E-state index is 13.0. The van der Waals surface area contributed by atoms with Gasteiger partial charge in [-0.25, -0.2) is 4.39 Å². The molecule has 0 unspecified atom stereocenters. The zero-order valence-corrected chi connectivity index (χ0v) is 11.2. The molecule has 1 nitrogen and oxygen atoms in total. The summed E-state index contributed by atoms with van der Waals surface area (Å²) < 4.78 is 55.8. The molecule has 0 atom stereocenters. The topological polar surface area (TPSA) is 9.23 Å². The van der Waals surface area contributed by atoms with Crippen LogP contribution in [0.2, 0.25) is 0 Å². The van der Waals surface area contributed by atoms with E-state index in [1.54, 1.807) is 12.1 Å². The number of halogens is 4. The SMILES string of the molecule is Fc1cccc(CCCOc2cccc(C(F)(F)F)c2)c1. The van der Waals surface area contributed by atoms with E-state index in [0.717, 1.165) is 17.7 Å². The van der Waals surface area contributed by atoms with E-state index in [9.17, 15) is 17.6 Å². The molecule has 21 heavy (non-hydrogen) atoms. The fourth-order valence-electron chi connectivity index (χ4n) is 1.92. The first kappa shape index (κ1) is 15.4. The van der Waals surface area contributed by atoms with Crippen LogP contribution in [0.4, 0.5) is 17.6 Å². The zero-order chi connectivity index (χ0) is 15.3. The minimum absolute atomic E-state index is 0.184. The molecule has 2 aromatic rings. The first-order valence-electron chi connectivity index (χ1n) is 6.50. The minimum atomic E-state index is -4.37. The molecule has 5 heteroatoms. The molecule has 0 fully saturated rings. The predicted octanol–water partition coefficient (Wildman–Crippen LogP) is 4.86. The van der Waals surface area contributed by atoms with Gasteiger partial charge in [0.05, 0.1) is 12.2 Å². The molecule has 0 aromatic heterocycles.